The molecule has 2 amide bonds. The standard InChI is InChI=1S/C23H33FN4O4S/c24-18-5-7-19(8-6-18)25-22(29)15-26-10-12-27(13-11-26)16-23(30)28(20-3-1-2-4-20)21-9-14-33(31,32)17-21/h5-8,20-21H,1-4,9-17H2,(H,25,29)/t21-/m1/s1. The van der Waals surface area contributed by atoms with Gasteiger partial charge in [-0.2, -0.15) is 0 Å². The minimum absolute atomic E-state index is 0.0338. The maximum Gasteiger partial charge on any atom is 0.238 e. The molecule has 2 aliphatic heterocycles. The molecule has 8 nitrogen and oxygen atoms in total. The van der Waals surface area contributed by atoms with Crippen LogP contribution >= 0.6 is 0 Å². The van der Waals surface area contributed by atoms with Gasteiger partial charge in [0.25, 0.3) is 0 Å². The van der Waals surface area contributed by atoms with E-state index in [4.69, 9.17) is 0 Å². The molecule has 1 atom stereocenters. The topological polar surface area (TPSA) is 90.0 Å². The summed E-state index contributed by atoms with van der Waals surface area (Å²) >= 11 is 0. The molecule has 1 aliphatic carbocycles. The predicted octanol–water partition coefficient (Wildman–Crippen LogP) is 1.34. The number of carbonyl (C=O) groups excluding carboxylic acids is 2. The number of rotatable bonds is 7. The minimum Gasteiger partial charge on any atom is -0.335 e. The summed E-state index contributed by atoms with van der Waals surface area (Å²) in [5, 5.41) is 2.77. The Morgan fingerprint density at radius 1 is 0.939 bits per heavy atom. The molecule has 2 saturated heterocycles. The second-order valence-corrected chi connectivity index (χ2v) is 11.6. The van der Waals surface area contributed by atoms with Gasteiger partial charge in [-0.25, -0.2) is 12.8 Å². The number of hydrogen-bond donors (Lipinski definition) is 1. The van der Waals surface area contributed by atoms with Crippen molar-refractivity contribution in [2.24, 2.45) is 0 Å². The summed E-state index contributed by atoms with van der Waals surface area (Å²) < 4.78 is 37.1. The van der Waals surface area contributed by atoms with E-state index in [1.54, 1.807) is 0 Å². The van der Waals surface area contributed by atoms with Crippen LogP contribution in [0.25, 0.3) is 0 Å². The SMILES string of the molecule is O=C(CN1CCN(CC(=O)N(C2CCCC2)[C@@H]2CCS(=O)(=O)C2)CC1)Nc1ccc(F)cc1. The Morgan fingerprint density at radius 2 is 1.55 bits per heavy atom. The van der Waals surface area contributed by atoms with Gasteiger partial charge in [-0.3, -0.25) is 19.4 Å². The minimum atomic E-state index is -3.05. The molecular weight excluding hydrogens is 447 g/mol. The van der Waals surface area contributed by atoms with Crippen molar-refractivity contribution in [3.63, 3.8) is 0 Å². The average molecular weight is 481 g/mol. The Kier molecular flexibility index (Phi) is 7.65. The van der Waals surface area contributed by atoms with Gasteiger partial charge in [0, 0.05) is 44.0 Å². The van der Waals surface area contributed by atoms with Crippen LogP contribution in [0.4, 0.5) is 10.1 Å². The van der Waals surface area contributed by atoms with Gasteiger partial charge >= 0.3 is 0 Å². The lowest BCUT2D eigenvalue weighted by molar-refractivity contribution is -0.137. The van der Waals surface area contributed by atoms with Crippen LogP contribution in [-0.2, 0) is 19.4 Å². The molecule has 33 heavy (non-hydrogen) atoms. The van der Waals surface area contributed by atoms with Crippen LogP contribution in [0.2, 0.25) is 0 Å². The molecule has 0 radical (unpaired) electrons. The van der Waals surface area contributed by atoms with E-state index in [9.17, 15) is 22.4 Å². The van der Waals surface area contributed by atoms with Gasteiger partial charge < -0.3 is 10.2 Å². The molecule has 1 N–H and O–H groups in total. The lowest BCUT2D eigenvalue weighted by atomic mass is 10.1. The zero-order valence-electron chi connectivity index (χ0n) is 18.9. The summed E-state index contributed by atoms with van der Waals surface area (Å²) in [5.74, 6) is -0.203. The number of amides is 2. The number of piperazine rings is 1. The molecule has 0 bridgehead atoms. The molecule has 10 heteroatoms. The van der Waals surface area contributed by atoms with Crippen molar-refractivity contribution in [2.75, 3.05) is 56.1 Å². The third-order valence-electron chi connectivity index (χ3n) is 6.93. The molecule has 3 fully saturated rings. The first-order valence-electron chi connectivity index (χ1n) is 11.8. The van der Waals surface area contributed by atoms with Crippen LogP contribution in [-0.4, -0.2) is 97.8 Å². The Morgan fingerprint density at radius 3 is 2.12 bits per heavy atom. The smallest absolute Gasteiger partial charge is 0.238 e. The molecule has 0 aromatic heterocycles. The molecule has 1 saturated carbocycles. The highest BCUT2D eigenvalue weighted by molar-refractivity contribution is 7.91. The maximum atomic E-state index is 13.3. The lowest BCUT2D eigenvalue weighted by Gasteiger charge is -2.38. The van der Waals surface area contributed by atoms with E-state index in [-0.39, 0.29) is 47.8 Å². The fourth-order valence-corrected chi connectivity index (χ4v) is 6.91. The Bertz CT molecular complexity index is 942. The van der Waals surface area contributed by atoms with Crippen molar-refractivity contribution >= 4 is 27.3 Å². The van der Waals surface area contributed by atoms with Crippen LogP contribution in [0.1, 0.15) is 32.1 Å². The van der Waals surface area contributed by atoms with E-state index >= 15 is 0 Å². The highest BCUT2D eigenvalue weighted by atomic mass is 32.2. The molecule has 0 unspecified atom stereocenters. The van der Waals surface area contributed by atoms with Gasteiger partial charge in [-0.1, -0.05) is 12.8 Å². The lowest BCUT2D eigenvalue weighted by Crippen LogP contribution is -2.54. The van der Waals surface area contributed by atoms with Gasteiger partial charge in [0.1, 0.15) is 5.82 Å². The van der Waals surface area contributed by atoms with Crippen LogP contribution < -0.4 is 5.32 Å². The Labute approximate surface area is 195 Å². The molecule has 3 aliphatic rings. The van der Waals surface area contributed by atoms with E-state index in [1.165, 1.54) is 24.3 Å². The van der Waals surface area contributed by atoms with Crippen molar-refractivity contribution in [1.82, 2.24) is 14.7 Å². The van der Waals surface area contributed by atoms with Crippen molar-refractivity contribution < 1.29 is 22.4 Å². The van der Waals surface area contributed by atoms with Crippen molar-refractivity contribution in [3.05, 3.63) is 30.1 Å². The first-order chi connectivity index (χ1) is 15.8. The van der Waals surface area contributed by atoms with Gasteiger partial charge in [0.05, 0.1) is 24.6 Å². The van der Waals surface area contributed by atoms with Crippen molar-refractivity contribution in [3.8, 4) is 0 Å². The number of anilines is 1. The second kappa shape index (κ2) is 10.5. The van der Waals surface area contributed by atoms with Crippen molar-refractivity contribution in [1.29, 1.82) is 0 Å². The number of benzene rings is 1. The number of sulfone groups is 1. The molecule has 1 aromatic carbocycles. The quantitative estimate of drug-likeness (QED) is 0.634. The van der Waals surface area contributed by atoms with E-state index in [0.29, 0.717) is 44.8 Å². The fourth-order valence-electron chi connectivity index (χ4n) is 5.20. The molecule has 182 valence electrons. The number of nitrogens with one attached hydrogen (secondary N) is 1. The molecule has 2 heterocycles. The first kappa shape index (κ1) is 24.1. The predicted molar refractivity (Wildman–Crippen MR) is 124 cm³/mol. The number of nitrogens with zero attached hydrogens (tertiary/aromatic N) is 3. The summed E-state index contributed by atoms with van der Waals surface area (Å²) in [4.78, 5) is 31.6. The Hall–Kier alpha value is -2.04. The monoisotopic (exact) mass is 480 g/mol. The molecule has 4 rings (SSSR count). The highest BCUT2D eigenvalue weighted by Gasteiger charge is 2.39. The molecular formula is C23H33FN4O4S. The zero-order valence-corrected chi connectivity index (χ0v) is 19.7. The van der Waals surface area contributed by atoms with Gasteiger partial charge in [-0.15, -0.1) is 0 Å². The van der Waals surface area contributed by atoms with E-state index < -0.39 is 9.84 Å². The average Bonchev–Trinajstić information content (AvgIpc) is 3.41. The summed E-state index contributed by atoms with van der Waals surface area (Å²) in [6.07, 6.45) is 4.64. The van der Waals surface area contributed by atoms with E-state index in [0.717, 1.165) is 25.7 Å². The van der Waals surface area contributed by atoms with Gasteiger partial charge in [0.2, 0.25) is 11.8 Å². The normalized spacial score (nSPS) is 24.1. The largest absolute Gasteiger partial charge is 0.335 e. The van der Waals surface area contributed by atoms with Crippen LogP contribution in [0.5, 0.6) is 0 Å². The second-order valence-electron chi connectivity index (χ2n) is 9.40. The van der Waals surface area contributed by atoms with Crippen LogP contribution in [0.15, 0.2) is 24.3 Å². The number of carbonyl (C=O) groups is 2. The Balaban J connectivity index is 1.26. The van der Waals surface area contributed by atoms with Crippen molar-refractivity contribution in [2.45, 2.75) is 44.2 Å². The van der Waals surface area contributed by atoms with Crippen LogP contribution in [0, 0.1) is 5.82 Å². The maximum absolute atomic E-state index is 13.3. The third kappa shape index (κ3) is 6.51. The number of halogens is 1. The number of hydrogen-bond acceptors (Lipinski definition) is 6. The zero-order chi connectivity index (χ0) is 23.4. The van der Waals surface area contributed by atoms with Gasteiger partial charge in [-0.05, 0) is 43.5 Å². The summed E-state index contributed by atoms with van der Waals surface area (Å²) in [7, 11) is -3.05. The van der Waals surface area contributed by atoms with E-state index in [1.807, 2.05) is 9.80 Å². The fraction of sp³-hybridized carbons (Fsp3) is 0.652. The summed E-state index contributed by atoms with van der Waals surface area (Å²) in [5.41, 5.74) is 0.562. The van der Waals surface area contributed by atoms with E-state index in [2.05, 4.69) is 10.2 Å². The van der Waals surface area contributed by atoms with Gasteiger partial charge in [0.15, 0.2) is 9.84 Å². The summed E-state index contributed by atoms with van der Waals surface area (Å²) in [6, 6.07) is 5.64. The molecule has 1 aromatic rings. The highest BCUT2D eigenvalue weighted by Crippen LogP contribution is 2.29. The first-order valence-corrected chi connectivity index (χ1v) is 13.6. The summed E-state index contributed by atoms with van der Waals surface area (Å²) in [6.45, 7) is 3.24. The molecule has 0 spiro atoms. The van der Waals surface area contributed by atoms with Crippen LogP contribution in [0.3, 0.4) is 0 Å². The third-order valence-corrected chi connectivity index (χ3v) is 8.68.